The summed E-state index contributed by atoms with van der Waals surface area (Å²) in [5.41, 5.74) is 28.6. The van der Waals surface area contributed by atoms with Crippen LogP contribution in [-0.4, -0.2) is 12.3 Å². The predicted molar refractivity (Wildman–Crippen MR) is 340 cm³/mol. The summed E-state index contributed by atoms with van der Waals surface area (Å²) in [7, 11) is 0. The minimum absolute atomic E-state index is 0.00536. The van der Waals surface area contributed by atoms with E-state index < -0.39 is 0 Å². The first-order chi connectivity index (χ1) is 37.6. The Balaban J connectivity index is 1.10. The molecule has 0 spiro atoms. The van der Waals surface area contributed by atoms with Gasteiger partial charge in [0.25, 0.3) is 6.71 Å². The maximum absolute atomic E-state index is 7.88. The number of rotatable bonds is 3. The first-order valence-corrected chi connectivity index (χ1v) is 31.3. The molecule has 0 radical (unpaired) electrons. The van der Waals surface area contributed by atoms with Gasteiger partial charge in [-0.05, 0) is 232 Å². The predicted octanol–water partition coefficient (Wildman–Crippen LogP) is 18.7. The average molecular weight is 1060 g/mol. The van der Waals surface area contributed by atoms with E-state index in [1.165, 1.54) is 171 Å². The lowest BCUT2D eigenvalue weighted by Crippen LogP contribution is -2.61. The number of furan rings is 1. The Labute approximate surface area is 480 Å². The number of benzene rings is 6. The van der Waals surface area contributed by atoms with Crippen LogP contribution in [0.5, 0.6) is 0 Å². The van der Waals surface area contributed by atoms with E-state index in [-0.39, 0.29) is 55.6 Å². The molecule has 5 heteroatoms. The van der Waals surface area contributed by atoms with Crippen LogP contribution in [0.15, 0.2) is 101 Å². The summed E-state index contributed by atoms with van der Waals surface area (Å²) >= 11 is 0. The van der Waals surface area contributed by atoms with Gasteiger partial charge in [0.05, 0.1) is 16.9 Å². The Morgan fingerprint density at radius 2 is 1.05 bits per heavy atom. The molecule has 6 aliphatic carbocycles. The number of anilines is 8. The van der Waals surface area contributed by atoms with E-state index in [0.717, 1.165) is 24.1 Å². The molecular weight excluding hydrogens is 970 g/mol. The molecule has 0 N–H and O–H groups in total. The lowest BCUT2D eigenvalue weighted by atomic mass is 9.35. The molecule has 412 valence electrons. The third-order valence-electron chi connectivity index (χ3n) is 24.2. The lowest BCUT2D eigenvalue weighted by molar-refractivity contribution is 0.188. The van der Waals surface area contributed by atoms with Gasteiger partial charge in [-0.3, -0.25) is 0 Å². The van der Waals surface area contributed by atoms with Crippen LogP contribution >= 0.6 is 0 Å². The quantitative estimate of drug-likeness (QED) is 0.165. The fraction of sp³-hybridized carbons (Fsp3) is 0.493. The number of nitrogens with zero attached hydrogens (tertiary/aromatic N) is 3. The van der Waals surface area contributed by atoms with Crippen molar-refractivity contribution in [2.45, 2.75) is 237 Å². The number of fused-ring (bicyclic) bond motifs is 13. The molecule has 2 bridgehead atoms. The molecule has 2 fully saturated rings. The monoisotopic (exact) mass is 1060 g/mol. The van der Waals surface area contributed by atoms with Gasteiger partial charge in [-0.15, -0.1) is 0 Å². The second-order valence-electron chi connectivity index (χ2n) is 32.0. The SMILES string of the molecule is Cc1cc2c(cc1N1c3cc(C(C)(C)C)ccc3B3c4oc5cc6c(cc5c4N(c4ccc5c(c4)C(C)(C)CCC5(C)C)c4cc(N5c7ccccc7C7(C)CCCCC57C)cc1c43)C1(C)CCC6(C)CC1)C(C)(C)CCC2(C)C. The van der Waals surface area contributed by atoms with Crippen molar-refractivity contribution in [1.29, 1.82) is 0 Å². The van der Waals surface area contributed by atoms with E-state index >= 15 is 0 Å². The summed E-state index contributed by atoms with van der Waals surface area (Å²) < 4.78 is 7.88. The lowest BCUT2D eigenvalue weighted by Gasteiger charge is -2.52. The molecule has 3 aliphatic heterocycles. The maximum Gasteiger partial charge on any atom is 0.297 e. The average Bonchev–Trinajstić information content (AvgIpc) is 4.01. The zero-order valence-corrected chi connectivity index (χ0v) is 51.6. The molecule has 1 aromatic heterocycles. The van der Waals surface area contributed by atoms with Gasteiger partial charge in [0, 0.05) is 50.6 Å². The van der Waals surface area contributed by atoms with Crippen LogP contribution in [0.2, 0.25) is 0 Å². The number of hydrogen-bond acceptors (Lipinski definition) is 4. The molecule has 2 unspecified atom stereocenters. The largest absolute Gasteiger partial charge is 0.468 e. The fourth-order valence-electron chi connectivity index (χ4n) is 18.3. The van der Waals surface area contributed by atoms with Crippen LogP contribution in [0.25, 0.3) is 11.0 Å². The van der Waals surface area contributed by atoms with Crippen molar-refractivity contribution in [3.63, 3.8) is 0 Å². The highest BCUT2D eigenvalue weighted by molar-refractivity contribution is 7.00. The third-order valence-corrected chi connectivity index (χ3v) is 24.2. The molecule has 6 aromatic carbocycles. The highest BCUT2D eigenvalue weighted by Crippen LogP contribution is 2.63. The van der Waals surface area contributed by atoms with Crippen molar-refractivity contribution < 1.29 is 4.42 Å². The van der Waals surface area contributed by atoms with Gasteiger partial charge in [0.1, 0.15) is 5.58 Å². The summed E-state index contributed by atoms with van der Waals surface area (Å²) in [6.45, 7) is 39.7. The standard InChI is InChI=1S/C75H88BN3O/c1-45-37-52-54(71(11,12)32-31-69(52,7)8)43-59(45)78-60-38-46(67(2,3)4)23-26-57(60)76-64-61(40-48(41-62(64)78)79-58-22-18-17-21-51(58)74(15)27-19-20-28-75(74,79)16)77(47-24-25-50-53(39-47)70(9,10)30-29-68(50,5)6)65-49-42-55-56(44-63(49)80-66(65)76)73(14)35-33-72(55,13)34-36-73/h17-18,21-26,37-44H,19-20,27-36H2,1-16H3. The first kappa shape index (κ1) is 51.2. The van der Waals surface area contributed by atoms with Gasteiger partial charge >= 0.3 is 0 Å². The molecular formula is C75H88BN3O. The van der Waals surface area contributed by atoms with Crippen LogP contribution in [0.1, 0.15) is 231 Å². The van der Waals surface area contributed by atoms with Gasteiger partial charge in [-0.2, -0.15) is 0 Å². The summed E-state index contributed by atoms with van der Waals surface area (Å²) in [5.74, 6) is 0. The Bertz CT molecular complexity index is 3850. The molecule has 4 heterocycles. The van der Waals surface area contributed by atoms with Crippen LogP contribution in [0.4, 0.5) is 45.5 Å². The Morgan fingerprint density at radius 1 is 0.463 bits per heavy atom. The van der Waals surface area contributed by atoms with Crippen molar-refractivity contribution in [2.24, 2.45) is 0 Å². The van der Waals surface area contributed by atoms with E-state index in [9.17, 15) is 0 Å². The Hall–Kier alpha value is -5.68. The zero-order chi connectivity index (χ0) is 56.0. The van der Waals surface area contributed by atoms with E-state index in [0.29, 0.717) is 0 Å². The minimum atomic E-state index is -0.143. The summed E-state index contributed by atoms with van der Waals surface area (Å²) in [6, 6.07) is 40.5. The Kier molecular flexibility index (Phi) is 10.2. The summed E-state index contributed by atoms with van der Waals surface area (Å²) in [5, 5.41) is 1.26. The number of hydrogen-bond donors (Lipinski definition) is 0. The van der Waals surface area contributed by atoms with Crippen molar-refractivity contribution in [1.82, 2.24) is 0 Å². The highest BCUT2D eigenvalue weighted by Gasteiger charge is 2.59. The smallest absolute Gasteiger partial charge is 0.297 e. The summed E-state index contributed by atoms with van der Waals surface area (Å²) in [4.78, 5) is 8.37. The molecule has 80 heavy (non-hydrogen) atoms. The van der Waals surface area contributed by atoms with Crippen molar-refractivity contribution in [3.05, 3.63) is 147 Å². The summed E-state index contributed by atoms with van der Waals surface area (Å²) in [6.07, 6.45) is 14.5. The van der Waals surface area contributed by atoms with Crippen LogP contribution in [0, 0.1) is 6.92 Å². The van der Waals surface area contributed by atoms with Crippen LogP contribution in [0.3, 0.4) is 0 Å². The second-order valence-corrected chi connectivity index (χ2v) is 32.0. The van der Waals surface area contributed by atoms with Crippen molar-refractivity contribution in [3.8, 4) is 0 Å². The topological polar surface area (TPSA) is 22.9 Å². The van der Waals surface area contributed by atoms with Gasteiger partial charge in [0.15, 0.2) is 0 Å². The normalized spacial score (nSPS) is 27.6. The molecule has 9 aliphatic rings. The first-order valence-electron chi connectivity index (χ1n) is 31.3. The Morgan fingerprint density at radius 3 is 1.71 bits per heavy atom. The van der Waals surface area contributed by atoms with Crippen molar-refractivity contribution in [2.75, 3.05) is 14.7 Å². The van der Waals surface area contributed by atoms with E-state index in [1.807, 2.05) is 0 Å². The van der Waals surface area contributed by atoms with Gasteiger partial charge in [-0.25, -0.2) is 0 Å². The molecule has 2 atom stereocenters. The fourth-order valence-corrected chi connectivity index (χ4v) is 18.3. The minimum Gasteiger partial charge on any atom is -0.468 e. The van der Waals surface area contributed by atoms with Gasteiger partial charge in [0.2, 0.25) is 0 Å². The van der Waals surface area contributed by atoms with Crippen LogP contribution in [-0.2, 0) is 43.3 Å². The van der Waals surface area contributed by atoms with Crippen molar-refractivity contribution >= 4 is 79.8 Å². The van der Waals surface area contributed by atoms with Crippen LogP contribution < -0.4 is 31.3 Å². The second kappa shape index (κ2) is 15.9. The van der Waals surface area contributed by atoms with E-state index in [2.05, 4.69) is 223 Å². The maximum atomic E-state index is 7.88. The van der Waals surface area contributed by atoms with E-state index in [1.54, 1.807) is 5.56 Å². The molecule has 0 amide bonds. The number of para-hydroxylation sites is 1. The van der Waals surface area contributed by atoms with E-state index in [4.69, 9.17) is 4.42 Å². The van der Waals surface area contributed by atoms with Gasteiger partial charge in [-0.1, -0.05) is 152 Å². The highest BCUT2D eigenvalue weighted by atomic mass is 16.3. The molecule has 16 rings (SSSR count). The third kappa shape index (κ3) is 6.64. The molecule has 2 saturated carbocycles. The zero-order valence-electron chi connectivity index (χ0n) is 51.6. The molecule has 7 aromatic rings. The molecule has 0 saturated heterocycles. The number of aryl methyl sites for hydroxylation is 1. The van der Waals surface area contributed by atoms with Gasteiger partial charge < -0.3 is 19.1 Å². The molecule has 4 nitrogen and oxygen atoms in total.